The molecule has 3 heterocycles. The summed E-state index contributed by atoms with van der Waals surface area (Å²) in [5, 5.41) is 0. The summed E-state index contributed by atoms with van der Waals surface area (Å²) in [5.74, 6) is 1.09. The molecule has 5 rings (SSSR count). The zero-order valence-electron chi connectivity index (χ0n) is 17.4. The van der Waals surface area contributed by atoms with Gasteiger partial charge in [0.2, 0.25) is 0 Å². The minimum atomic E-state index is -0.709. The van der Waals surface area contributed by atoms with Crippen molar-refractivity contribution in [1.82, 2.24) is 9.38 Å². The second-order valence-corrected chi connectivity index (χ2v) is 8.24. The second-order valence-electron chi connectivity index (χ2n) is 8.24. The molecule has 2 aromatic heterocycles. The van der Waals surface area contributed by atoms with E-state index in [2.05, 4.69) is 4.98 Å². The molecular weight excluding hydrogens is 396 g/mol. The molecule has 0 saturated heterocycles. The summed E-state index contributed by atoms with van der Waals surface area (Å²) in [6, 6.07) is 10.8. The highest BCUT2D eigenvalue weighted by Crippen LogP contribution is 2.45. The first kappa shape index (κ1) is 19.6. The average Bonchev–Trinajstić information content (AvgIpc) is 3.29. The molecule has 0 atom stereocenters. The fourth-order valence-electron chi connectivity index (χ4n) is 4.54. The molecule has 0 N–H and O–H groups in total. The van der Waals surface area contributed by atoms with E-state index in [1.165, 1.54) is 10.5 Å². The van der Waals surface area contributed by atoms with E-state index in [9.17, 15) is 9.59 Å². The molecule has 160 valence electrons. The minimum absolute atomic E-state index is 0.0370. The smallest absolute Gasteiger partial charge is 0.316 e. The average molecular weight is 420 g/mol. The predicted molar refractivity (Wildman–Crippen MR) is 114 cm³/mol. The van der Waals surface area contributed by atoms with Gasteiger partial charge in [-0.05, 0) is 49.1 Å². The lowest BCUT2D eigenvalue weighted by molar-refractivity contribution is -0.152. The summed E-state index contributed by atoms with van der Waals surface area (Å²) in [6.07, 6.45) is 5.10. The van der Waals surface area contributed by atoms with Gasteiger partial charge in [0.15, 0.2) is 11.5 Å². The van der Waals surface area contributed by atoms with Gasteiger partial charge in [0.05, 0.1) is 11.1 Å². The van der Waals surface area contributed by atoms with Gasteiger partial charge in [-0.1, -0.05) is 25.0 Å². The molecule has 1 aromatic carbocycles. The molecule has 2 aliphatic rings. The summed E-state index contributed by atoms with van der Waals surface area (Å²) in [5.41, 5.74) is 1.93. The van der Waals surface area contributed by atoms with Crippen molar-refractivity contribution < 1.29 is 19.0 Å². The molecule has 1 saturated carbocycles. The van der Waals surface area contributed by atoms with Gasteiger partial charge >= 0.3 is 5.97 Å². The van der Waals surface area contributed by atoms with Crippen molar-refractivity contribution in [3.05, 3.63) is 69.8 Å². The maximum Gasteiger partial charge on any atom is 0.316 e. The Labute approximate surface area is 179 Å². The van der Waals surface area contributed by atoms with Crippen LogP contribution in [-0.4, -0.2) is 28.6 Å². The molecule has 7 nitrogen and oxygen atoms in total. The number of hydrogen-bond donors (Lipinski definition) is 0. The van der Waals surface area contributed by atoms with Crippen LogP contribution in [0, 0.1) is 6.92 Å². The number of esters is 1. The minimum Gasteiger partial charge on any atom is -0.486 e. The maximum absolute atomic E-state index is 13.3. The van der Waals surface area contributed by atoms with Gasteiger partial charge in [0.1, 0.15) is 25.5 Å². The molecule has 7 heteroatoms. The summed E-state index contributed by atoms with van der Waals surface area (Å²) >= 11 is 0. The highest BCUT2D eigenvalue weighted by molar-refractivity contribution is 5.84. The van der Waals surface area contributed by atoms with Gasteiger partial charge in [0, 0.05) is 12.3 Å². The Bertz CT molecular complexity index is 1210. The maximum atomic E-state index is 13.3. The molecule has 0 amide bonds. The normalized spacial score (nSPS) is 16.9. The Hall–Kier alpha value is -3.35. The quantitative estimate of drug-likeness (QED) is 0.603. The number of pyridine rings is 1. The fourth-order valence-corrected chi connectivity index (χ4v) is 4.54. The Morgan fingerprint density at radius 2 is 1.87 bits per heavy atom. The third kappa shape index (κ3) is 3.54. The van der Waals surface area contributed by atoms with Crippen molar-refractivity contribution in [2.24, 2.45) is 0 Å². The van der Waals surface area contributed by atoms with Gasteiger partial charge < -0.3 is 14.2 Å². The Morgan fingerprint density at radius 1 is 1.10 bits per heavy atom. The van der Waals surface area contributed by atoms with Gasteiger partial charge in [-0.15, -0.1) is 0 Å². The molecule has 1 fully saturated rings. The number of aryl methyl sites for hydroxylation is 1. The number of benzene rings is 1. The van der Waals surface area contributed by atoms with E-state index in [0.717, 1.165) is 36.8 Å². The van der Waals surface area contributed by atoms with Crippen molar-refractivity contribution >= 4 is 11.6 Å². The molecule has 0 spiro atoms. The highest BCUT2D eigenvalue weighted by atomic mass is 16.6. The van der Waals surface area contributed by atoms with Crippen LogP contribution in [0.2, 0.25) is 0 Å². The van der Waals surface area contributed by atoms with Crippen LogP contribution in [0.4, 0.5) is 0 Å². The zero-order chi connectivity index (χ0) is 21.4. The zero-order valence-corrected chi connectivity index (χ0v) is 17.4. The molecule has 0 bridgehead atoms. The molecular formula is C24H24N2O5. The summed E-state index contributed by atoms with van der Waals surface area (Å²) < 4.78 is 18.5. The number of ether oxygens (including phenoxy) is 3. The van der Waals surface area contributed by atoms with Crippen molar-refractivity contribution in [3.8, 4) is 11.5 Å². The Kier molecular flexibility index (Phi) is 4.88. The summed E-state index contributed by atoms with van der Waals surface area (Å²) in [4.78, 5) is 30.2. The first-order valence-corrected chi connectivity index (χ1v) is 10.6. The predicted octanol–water partition coefficient (Wildman–Crippen LogP) is 3.33. The Balaban J connectivity index is 1.40. The third-order valence-electron chi connectivity index (χ3n) is 6.15. The van der Waals surface area contributed by atoms with Gasteiger partial charge in [0.25, 0.3) is 5.56 Å². The van der Waals surface area contributed by atoms with Crippen LogP contribution in [0.1, 0.15) is 42.5 Å². The second kappa shape index (κ2) is 7.72. The Morgan fingerprint density at radius 3 is 2.68 bits per heavy atom. The van der Waals surface area contributed by atoms with Crippen molar-refractivity contribution in [3.63, 3.8) is 0 Å². The van der Waals surface area contributed by atoms with E-state index in [-0.39, 0.29) is 18.1 Å². The monoisotopic (exact) mass is 420 g/mol. The van der Waals surface area contributed by atoms with Crippen LogP contribution in [0.25, 0.3) is 5.65 Å². The lowest BCUT2D eigenvalue weighted by Crippen LogP contribution is -2.35. The van der Waals surface area contributed by atoms with E-state index in [1.54, 1.807) is 12.3 Å². The SMILES string of the molecule is Cc1ccc2nc(COC(=O)C3(c4ccc5c(c4)OCCO5)CCCC3)cc(=O)n2c1. The molecule has 31 heavy (non-hydrogen) atoms. The standard InChI is InChI=1S/C24H24N2O5/c1-16-4-7-21-25-18(13-22(27)26(21)14-16)15-31-23(28)24(8-2-3-9-24)17-5-6-19-20(12-17)30-11-10-29-19/h4-7,12-14H,2-3,8-11,15H2,1H3. The fraction of sp³-hybridized carbons (Fsp3) is 0.375. The number of rotatable bonds is 4. The van der Waals surface area contributed by atoms with Crippen LogP contribution >= 0.6 is 0 Å². The molecule has 0 radical (unpaired) electrons. The van der Waals surface area contributed by atoms with E-state index in [1.807, 2.05) is 31.2 Å². The van der Waals surface area contributed by atoms with Crippen LogP contribution in [-0.2, 0) is 21.6 Å². The van der Waals surface area contributed by atoms with Crippen LogP contribution in [0.5, 0.6) is 11.5 Å². The topological polar surface area (TPSA) is 79.1 Å². The van der Waals surface area contributed by atoms with Gasteiger partial charge in [-0.3, -0.25) is 14.0 Å². The van der Waals surface area contributed by atoms with Crippen LogP contribution in [0.15, 0.2) is 47.4 Å². The summed E-state index contributed by atoms with van der Waals surface area (Å²) in [6.45, 7) is 2.90. The number of carbonyl (C=O) groups is 1. The first-order chi connectivity index (χ1) is 15.0. The lowest BCUT2D eigenvalue weighted by Gasteiger charge is -2.29. The third-order valence-corrected chi connectivity index (χ3v) is 6.15. The van der Waals surface area contributed by atoms with E-state index in [4.69, 9.17) is 14.2 Å². The summed E-state index contributed by atoms with van der Waals surface area (Å²) in [7, 11) is 0. The van der Waals surface area contributed by atoms with E-state index >= 15 is 0 Å². The largest absolute Gasteiger partial charge is 0.486 e. The van der Waals surface area contributed by atoms with Crippen molar-refractivity contribution in [2.75, 3.05) is 13.2 Å². The molecule has 1 aliphatic carbocycles. The van der Waals surface area contributed by atoms with Gasteiger partial charge in [-0.25, -0.2) is 4.98 Å². The van der Waals surface area contributed by atoms with Crippen molar-refractivity contribution in [1.29, 1.82) is 0 Å². The van der Waals surface area contributed by atoms with E-state index in [0.29, 0.717) is 36.1 Å². The highest BCUT2D eigenvalue weighted by Gasteiger charge is 2.44. The van der Waals surface area contributed by atoms with E-state index < -0.39 is 5.41 Å². The van der Waals surface area contributed by atoms with Crippen molar-refractivity contribution in [2.45, 2.75) is 44.6 Å². The van der Waals surface area contributed by atoms with Crippen LogP contribution in [0.3, 0.4) is 0 Å². The number of aromatic nitrogens is 2. The molecule has 3 aromatic rings. The number of carbonyl (C=O) groups excluding carboxylic acids is 1. The first-order valence-electron chi connectivity index (χ1n) is 10.6. The lowest BCUT2D eigenvalue weighted by atomic mass is 9.78. The molecule has 0 unspecified atom stereocenters. The van der Waals surface area contributed by atoms with Crippen LogP contribution < -0.4 is 15.0 Å². The van der Waals surface area contributed by atoms with Gasteiger partial charge in [-0.2, -0.15) is 0 Å². The molecule has 1 aliphatic heterocycles. The number of hydrogen-bond acceptors (Lipinski definition) is 6. The number of nitrogens with zero attached hydrogens (tertiary/aromatic N) is 2. The number of fused-ring (bicyclic) bond motifs is 2.